The Bertz CT molecular complexity index is 305. The lowest BCUT2D eigenvalue weighted by Gasteiger charge is -1.88. The number of allylic oxidation sites excluding steroid dienone is 1. The number of aryl methyl sites for hydroxylation is 1. The molecule has 0 nitrogen and oxygen atoms in total. The van der Waals surface area contributed by atoms with E-state index in [0.29, 0.717) is 0 Å². The van der Waals surface area contributed by atoms with E-state index in [4.69, 9.17) is 0 Å². The number of hydrogen-bond acceptors (Lipinski definition) is 1. The molecule has 0 N–H and O–H groups in total. The predicted molar refractivity (Wildman–Crippen MR) is 51.1 cm³/mol. The van der Waals surface area contributed by atoms with E-state index in [1.807, 2.05) is 11.3 Å². The van der Waals surface area contributed by atoms with E-state index in [-0.39, 0.29) is 0 Å². The van der Waals surface area contributed by atoms with Crippen LogP contribution in [0.25, 0.3) is 6.08 Å². The van der Waals surface area contributed by atoms with Crippen molar-refractivity contribution in [3.63, 3.8) is 0 Å². The molecule has 0 fully saturated rings. The maximum atomic E-state index is 2.33. The van der Waals surface area contributed by atoms with Crippen molar-refractivity contribution in [2.45, 2.75) is 26.7 Å². The Morgan fingerprint density at radius 3 is 3.00 bits per heavy atom. The van der Waals surface area contributed by atoms with Gasteiger partial charge >= 0.3 is 0 Å². The second-order valence-electron chi connectivity index (χ2n) is 3.11. The first kappa shape index (κ1) is 7.11. The molecule has 0 unspecified atom stereocenters. The Morgan fingerprint density at radius 2 is 2.36 bits per heavy atom. The molecule has 0 saturated carbocycles. The number of thiophene rings is 1. The van der Waals surface area contributed by atoms with Crippen molar-refractivity contribution < 1.29 is 0 Å². The average molecular weight is 164 g/mol. The van der Waals surface area contributed by atoms with Gasteiger partial charge in [-0.25, -0.2) is 0 Å². The van der Waals surface area contributed by atoms with E-state index < -0.39 is 0 Å². The SMILES string of the molecule is CCc1cc2c(s1)CC(C)=C2. The highest BCUT2D eigenvalue weighted by Crippen LogP contribution is 2.32. The summed E-state index contributed by atoms with van der Waals surface area (Å²) in [5.74, 6) is 0. The highest BCUT2D eigenvalue weighted by molar-refractivity contribution is 7.12. The molecular weight excluding hydrogens is 152 g/mol. The van der Waals surface area contributed by atoms with Gasteiger partial charge in [-0.05, 0) is 25.0 Å². The van der Waals surface area contributed by atoms with E-state index in [1.165, 1.54) is 28.9 Å². The summed E-state index contributed by atoms with van der Waals surface area (Å²) < 4.78 is 0. The van der Waals surface area contributed by atoms with E-state index in [9.17, 15) is 0 Å². The fraction of sp³-hybridized carbons (Fsp3) is 0.400. The molecule has 0 aliphatic heterocycles. The first-order valence-corrected chi connectivity index (χ1v) is 4.90. The van der Waals surface area contributed by atoms with Gasteiger partial charge in [-0.15, -0.1) is 11.3 Å². The standard InChI is InChI=1S/C10H12S/c1-3-9-6-8-4-7(2)5-10(8)11-9/h4,6H,3,5H2,1-2H3. The molecule has 1 aliphatic rings. The minimum Gasteiger partial charge on any atom is -0.144 e. The quantitative estimate of drug-likeness (QED) is 0.597. The summed E-state index contributed by atoms with van der Waals surface area (Å²) in [6, 6.07) is 2.33. The van der Waals surface area contributed by atoms with Gasteiger partial charge in [0.05, 0.1) is 0 Å². The molecule has 1 aliphatic carbocycles. The molecule has 1 heterocycles. The van der Waals surface area contributed by atoms with Crippen LogP contribution in [0.2, 0.25) is 0 Å². The largest absolute Gasteiger partial charge is 0.144 e. The molecule has 1 heteroatoms. The number of rotatable bonds is 1. The minimum atomic E-state index is 1.19. The van der Waals surface area contributed by atoms with Crippen LogP contribution in [0.1, 0.15) is 29.2 Å². The summed E-state index contributed by atoms with van der Waals surface area (Å²) in [6.07, 6.45) is 4.69. The van der Waals surface area contributed by atoms with Gasteiger partial charge in [0.1, 0.15) is 0 Å². The number of hydrogen-bond donors (Lipinski definition) is 0. The van der Waals surface area contributed by atoms with Gasteiger partial charge in [-0.1, -0.05) is 18.6 Å². The second kappa shape index (κ2) is 2.49. The molecule has 0 bridgehead atoms. The lowest BCUT2D eigenvalue weighted by atomic mass is 10.2. The molecule has 0 atom stereocenters. The maximum absolute atomic E-state index is 2.33. The topological polar surface area (TPSA) is 0 Å². The van der Waals surface area contributed by atoms with Crippen LogP contribution in [0.4, 0.5) is 0 Å². The molecule has 0 spiro atoms. The zero-order valence-corrected chi connectivity index (χ0v) is 7.79. The van der Waals surface area contributed by atoms with Crippen LogP contribution in [0, 0.1) is 0 Å². The van der Waals surface area contributed by atoms with Crippen molar-refractivity contribution in [2.24, 2.45) is 0 Å². The van der Waals surface area contributed by atoms with Crippen molar-refractivity contribution in [3.05, 3.63) is 27.0 Å². The number of fused-ring (bicyclic) bond motifs is 1. The third-order valence-corrected chi connectivity index (χ3v) is 3.38. The smallest absolute Gasteiger partial charge is 0.0161 e. The van der Waals surface area contributed by atoms with Crippen LogP contribution in [0.15, 0.2) is 11.6 Å². The van der Waals surface area contributed by atoms with Crippen LogP contribution >= 0.6 is 11.3 Å². The monoisotopic (exact) mass is 164 g/mol. The molecule has 0 amide bonds. The van der Waals surface area contributed by atoms with Crippen molar-refractivity contribution in [2.75, 3.05) is 0 Å². The second-order valence-corrected chi connectivity index (χ2v) is 4.33. The summed E-state index contributed by atoms with van der Waals surface area (Å²) in [7, 11) is 0. The van der Waals surface area contributed by atoms with Crippen molar-refractivity contribution >= 4 is 17.4 Å². The Balaban J connectivity index is 2.41. The molecule has 1 aromatic heterocycles. The van der Waals surface area contributed by atoms with E-state index in [0.717, 1.165) is 0 Å². The molecule has 58 valence electrons. The molecule has 0 aromatic carbocycles. The van der Waals surface area contributed by atoms with Crippen LogP contribution in [-0.4, -0.2) is 0 Å². The summed E-state index contributed by atoms with van der Waals surface area (Å²) in [6.45, 7) is 4.43. The zero-order valence-electron chi connectivity index (χ0n) is 6.98. The Morgan fingerprint density at radius 1 is 1.55 bits per heavy atom. The molecular formula is C10H12S. The summed E-state index contributed by atoms with van der Waals surface area (Å²) >= 11 is 1.97. The van der Waals surface area contributed by atoms with E-state index in [1.54, 1.807) is 4.88 Å². The van der Waals surface area contributed by atoms with Gasteiger partial charge < -0.3 is 0 Å². The highest BCUT2D eigenvalue weighted by Gasteiger charge is 2.12. The average Bonchev–Trinajstić information content (AvgIpc) is 2.43. The zero-order chi connectivity index (χ0) is 7.84. The Labute approximate surface area is 71.6 Å². The summed E-state index contributed by atoms with van der Waals surface area (Å²) in [5.41, 5.74) is 2.98. The fourth-order valence-corrected chi connectivity index (χ4v) is 2.69. The third-order valence-electron chi connectivity index (χ3n) is 2.08. The minimum absolute atomic E-state index is 1.19. The lowest BCUT2D eigenvalue weighted by Crippen LogP contribution is -1.72. The van der Waals surface area contributed by atoms with Crippen LogP contribution < -0.4 is 0 Å². The van der Waals surface area contributed by atoms with Gasteiger partial charge in [0.15, 0.2) is 0 Å². The molecule has 1 aromatic rings. The van der Waals surface area contributed by atoms with Gasteiger partial charge in [0.25, 0.3) is 0 Å². The molecule has 11 heavy (non-hydrogen) atoms. The van der Waals surface area contributed by atoms with E-state index in [2.05, 4.69) is 26.0 Å². The van der Waals surface area contributed by atoms with Crippen molar-refractivity contribution in [3.8, 4) is 0 Å². The van der Waals surface area contributed by atoms with Crippen LogP contribution in [0.5, 0.6) is 0 Å². The Kier molecular flexibility index (Phi) is 1.61. The first-order valence-electron chi connectivity index (χ1n) is 4.08. The van der Waals surface area contributed by atoms with E-state index >= 15 is 0 Å². The predicted octanol–water partition coefficient (Wildman–Crippen LogP) is 3.27. The normalized spacial score (nSPS) is 14.9. The highest BCUT2D eigenvalue weighted by atomic mass is 32.1. The van der Waals surface area contributed by atoms with Gasteiger partial charge in [0, 0.05) is 16.2 Å². The van der Waals surface area contributed by atoms with Crippen molar-refractivity contribution in [1.29, 1.82) is 0 Å². The van der Waals surface area contributed by atoms with Crippen LogP contribution in [0.3, 0.4) is 0 Å². The van der Waals surface area contributed by atoms with Gasteiger partial charge in [-0.3, -0.25) is 0 Å². The fourth-order valence-electron chi connectivity index (χ4n) is 1.50. The summed E-state index contributed by atoms with van der Waals surface area (Å²) in [4.78, 5) is 3.10. The Hall–Kier alpha value is -0.560. The third kappa shape index (κ3) is 1.14. The van der Waals surface area contributed by atoms with Crippen LogP contribution in [-0.2, 0) is 12.8 Å². The summed E-state index contributed by atoms with van der Waals surface area (Å²) in [5, 5.41) is 0. The molecule has 0 saturated heterocycles. The van der Waals surface area contributed by atoms with Crippen molar-refractivity contribution in [1.82, 2.24) is 0 Å². The maximum Gasteiger partial charge on any atom is 0.0161 e. The lowest BCUT2D eigenvalue weighted by molar-refractivity contribution is 1.19. The van der Waals surface area contributed by atoms with Gasteiger partial charge in [-0.2, -0.15) is 0 Å². The van der Waals surface area contributed by atoms with Gasteiger partial charge in [0.2, 0.25) is 0 Å². The molecule has 2 rings (SSSR count). The first-order chi connectivity index (χ1) is 5.29. The molecule has 0 radical (unpaired) electrons.